The smallest absolute Gasteiger partial charge is 0.236 e. The van der Waals surface area contributed by atoms with Crippen molar-refractivity contribution in [3.05, 3.63) is 29.3 Å². The number of benzene rings is 1. The molecular formula is C32H57N7O4S. The number of nitrogens with zero attached hydrogens (tertiary/aromatic N) is 1. The van der Waals surface area contributed by atoms with Gasteiger partial charge in [0.05, 0.1) is 24.7 Å². The molecular weight excluding hydrogens is 578 g/mol. The molecule has 1 amide bonds. The zero-order valence-electron chi connectivity index (χ0n) is 26.6. The highest BCUT2D eigenvalue weighted by atomic mass is 32.1. The van der Waals surface area contributed by atoms with Crippen LogP contribution in [0.1, 0.15) is 102 Å². The van der Waals surface area contributed by atoms with Gasteiger partial charge in [0, 0.05) is 31.7 Å². The van der Waals surface area contributed by atoms with E-state index in [1.165, 1.54) is 11.1 Å². The van der Waals surface area contributed by atoms with E-state index in [0.29, 0.717) is 64.0 Å². The normalized spacial score (nSPS) is 13.1. The van der Waals surface area contributed by atoms with Gasteiger partial charge < -0.3 is 38.7 Å². The fraction of sp³-hybridized carbons (Fsp3) is 0.688. The van der Waals surface area contributed by atoms with Crippen molar-refractivity contribution in [3.63, 3.8) is 0 Å². The number of nitrogens with two attached hydrogens (primary N) is 5. The summed E-state index contributed by atoms with van der Waals surface area (Å²) in [5, 5.41) is 2.86. The topological polar surface area (TPSA) is 215 Å². The van der Waals surface area contributed by atoms with E-state index in [0.717, 1.165) is 57.1 Å². The summed E-state index contributed by atoms with van der Waals surface area (Å²) in [6.07, 6.45) is 9.44. The van der Waals surface area contributed by atoms with Gasteiger partial charge >= 0.3 is 0 Å². The van der Waals surface area contributed by atoms with Crippen molar-refractivity contribution >= 4 is 36.1 Å². The first-order valence-electron chi connectivity index (χ1n) is 16.1. The summed E-state index contributed by atoms with van der Waals surface area (Å²) < 4.78 is 5.82. The molecule has 3 atom stereocenters. The summed E-state index contributed by atoms with van der Waals surface area (Å²) in [5.74, 6) is 1.48. The van der Waals surface area contributed by atoms with Crippen molar-refractivity contribution in [1.29, 1.82) is 0 Å². The summed E-state index contributed by atoms with van der Waals surface area (Å²) in [4.78, 5) is 40.8. The molecule has 250 valence electrons. The largest absolute Gasteiger partial charge is 0.494 e. The minimum absolute atomic E-state index is 0.0301. The van der Waals surface area contributed by atoms with Crippen LogP contribution in [0.2, 0.25) is 0 Å². The quantitative estimate of drug-likeness (QED) is 0.0344. The minimum atomic E-state index is -0.585. The number of ketones is 2. The number of carbonyl (C=O) groups is 3. The third kappa shape index (κ3) is 17.6. The summed E-state index contributed by atoms with van der Waals surface area (Å²) >= 11 is 4.36. The van der Waals surface area contributed by atoms with Crippen LogP contribution in [0.4, 0.5) is 0 Å². The van der Waals surface area contributed by atoms with Gasteiger partial charge in [-0.15, -0.1) is 0 Å². The van der Waals surface area contributed by atoms with Crippen LogP contribution in [-0.4, -0.2) is 61.3 Å². The highest BCUT2D eigenvalue weighted by Crippen LogP contribution is 2.20. The lowest BCUT2D eigenvalue weighted by molar-refractivity contribution is -0.123. The number of unbranched alkanes of at least 4 members (excludes halogenated alkanes) is 4. The first-order valence-corrected chi connectivity index (χ1v) is 16.7. The van der Waals surface area contributed by atoms with Crippen molar-refractivity contribution < 1.29 is 19.1 Å². The van der Waals surface area contributed by atoms with Crippen LogP contribution < -0.4 is 38.7 Å². The number of hydrogen-bond donors (Lipinski definition) is 7. The monoisotopic (exact) mass is 635 g/mol. The van der Waals surface area contributed by atoms with Crippen LogP contribution in [-0.2, 0) is 26.6 Å². The fourth-order valence-corrected chi connectivity index (χ4v) is 5.10. The average Bonchev–Trinajstić information content (AvgIpc) is 3.01. The zero-order valence-corrected chi connectivity index (χ0v) is 27.5. The SMILES string of the molecule is CCc1cc(OCCCC(=O)[C@@H](N)CCCCNC(=O)[C@@H](N)CCCCCC(=O)[C@@H](N)CCCCN=C(N)N)ccc1CS. The lowest BCUT2D eigenvalue weighted by Gasteiger charge is -2.14. The van der Waals surface area contributed by atoms with Gasteiger partial charge in [-0.2, -0.15) is 12.6 Å². The standard InChI is InChI=1S/C32H57N7O4S/c1-2-23-21-25(17-16-24(23)22-44)43-20-10-15-30(41)27(34)11-6-8-18-38-31(42)28(35)13-4-3-5-14-29(40)26(33)12-7-9-19-39-32(36)37/h16-17,21,26-28,44H,2-15,18-20,22,33-35H2,1H3,(H,38,42)(H4,36,37,39)/t26-,27-,28-/m0/s1. The number of amides is 1. The second-order valence-corrected chi connectivity index (χ2v) is 11.7. The third-order valence-corrected chi connectivity index (χ3v) is 7.97. The molecule has 0 aliphatic heterocycles. The number of guanidine groups is 1. The maximum absolute atomic E-state index is 12.4. The Morgan fingerprint density at radius 2 is 1.43 bits per heavy atom. The van der Waals surface area contributed by atoms with E-state index < -0.39 is 18.1 Å². The number of thiol groups is 1. The van der Waals surface area contributed by atoms with Crippen LogP contribution >= 0.6 is 12.6 Å². The highest BCUT2D eigenvalue weighted by Gasteiger charge is 2.16. The fourth-order valence-electron chi connectivity index (χ4n) is 4.79. The Kier molecular flexibility index (Phi) is 21.2. The molecule has 0 bridgehead atoms. The van der Waals surface area contributed by atoms with Crippen molar-refractivity contribution in [2.75, 3.05) is 19.7 Å². The van der Waals surface area contributed by atoms with Crippen molar-refractivity contribution in [3.8, 4) is 5.75 Å². The molecule has 12 heteroatoms. The molecule has 0 radical (unpaired) electrons. The molecule has 0 aliphatic carbocycles. The molecule has 0 saturated carbocycles. The number of aliphatic imine (C=N–C) groups is 1. The Morgan fingerprint density at radius 3 is 2.07 bits per heavy atom. The van der Waals surface area contributed by atoms with E-state index in [4.69, 9.17) is 33.4 Å². The molecule has 1 aromatic rings. The summed E-state index contributed by atoms with van der Waals surface area (Å²) in [5.41, 5.74) is 31.1. The molecule has 44 heavy (non-hydrogen) atoms. The van der Waals surface area contributed by atoms with E-state index >= 15 is 0 Å². The third-order valence-electron chi connectivity index (χ3n) is 7.63. The number of ether oxygens (including phenoxy) is 1. The average molecular weight is 636 g/mol. The van der Waals surface area contributed by atoms with E-state index in [2.05, 4.69) is 29.9 Å². The number of Topliss-reactive ketones (excluding diaryl/α,β-unsaturated/α-hetero) is 2. The van der Waals surface area contributed by atoms with Gasteiger partial charge in [-0.25, -0.2) is 0 Å². The molecule has 1 aromatic carbocycles. The second-order valence-electron chi connectivity index (χ2n) is 11.3. The Labute approximate surface area is 269 Å². The Hall–Kier alpha value is -2.67. The molecule has 0 aromatic heterocycles. The van der Waals surface area contributed by atoms with E-state index in [9.17, 15) is 14.4 Å². The first-order chi connectivity index (χ1) is 21.1. The summed E-state index contributed by atoms with van der Waals surface area (Å²) in [7, 11) is 0. The number of hydrogen-bond acceptors (Lipinski definition) is 9. The predicted octanol–water partition coefficient (Wildman–Crippen LogP) is 2.64. The van der Waals surface area contributed by atoms with Crippen molar-refractivity contribution in [1.82, 2.24) is 5.32 Å². The molecule has 0 fully saturated rings. The van der Waals surface area contributed by atoms with Gasteiger partial charge in [-0.3, -0.25) is 19.4 Å². The summed E-state index contributed by atoms with van der Waals surface area (Å²) in [6, 6.07) is 4.46. The van der Waals surface area contributed by atoms with E-state index in [1.54, 1.807) is 0 Å². The molecule has 0 heterocycles. The van der Waals surface area contributed by atoms with Crippen LogP contribution in [0.3, 0.4) is 0 Å². The van der Waals surface area contributed by atoms with E-state index in [1.807, 2.05) is 18.2 Å². The lowest BCUT2D eigenvalue weighted by atomic mass is 10.00. The molecule has 0 saturated heterocycles. The molecule has 11 nitrogen and oxygen atoms in total. The first kappa shape index (κ1) is 39.4. The number of aryl methyl sites for hydroxylation is 1. The molecule has 0 spiro atoms. The lowest BCUT2D eigenvalue weighted by Crippen LogP contribution is -2.41. The molecule has 1 rings (SSSR count). The van der Waals surface area contributed by atoms with Gasteiger partial charge in [-0.1, -0.05) is 25.8 Å². The van der Waals surface area contributed by atoms with Crippen LogP contribution in [0, 0.1) is 0 Å². The Morgan fingerprint density at radius 1 is 0.818 bits per heavy atom. The van der Waals surface area contributed by atoms with Gasteiger partial charge in [0.25, 0.3) is 0 Å². The van der Waals surface area contributed by atoms with Gasteiger partial charge in [0.15, 0.2) is 5.96 Å². The van der Waals surface area contributed by atoms with Crippen molar-refractivity contribution in [2.45, 2.75) is 121 Å². The number of rotatable bonds is 26. The van der Waals surface area contributed by atoms with Crippen LogP contribution in [0.15, 0.2) is 23.2 Å². The maximum atomic E-state index is 12.4. The van der Waals surface area contributed by atoms with Crippen LogP contribution in [0.5, 0.6) is 5.75 Å². The van der Waals surface area contributed by atoms with Crippen molar-refractivity contribution in [2.24, 2.45) is 33.7 Å². The maximum Gasteiger partial charge on any atom is 0.236 e. The summed E-state index contributed by atoms with van der Waals surface area (Å²) in [6.45, 7) is 3.60. The van der Waals surface area contributed by atoms with Gasteiger partial charge in [0.2, 0.25) is 5.91 Å². The van der Waals surface area contributed by atoms with Gasteiger partial charge in [0.1, 0.15) is 17.3 Å². The predicted molar refractivity (Wildman–Crippen MR) is 182 cm³/mol. The molecule has 0 unspecified atom stereocenters. The number of carbonyl (C=O) groups excluding carboxylic acids is 3. The van der Waals surface area contributed by atoms with Gasteiger partial charge in [-0.05, 0) is 87.5 Å². The minimum Gasteiger partial charge on any atom is -0.494 e. The Bertz CT molecular complexity index is 1020. The molecule has 0 aliphatic rings. The Balaban J connectivity index is 2.07. The van der Waals surface area contributed by atoms with Crippen LogP contribution in [0.25, 0.3) is 0 Å². The van der Waals surface area contributed by atoms with E-state index in [-0.39, 0.29) is 23.4 Å². The highest BCUT2D eigenvalue weighted by molar-refractivity contribution is 7.79. The second kappa shape index (κ2) is 23.7. The molecule has 11 N–H and O–H groups in total. The number of nitrogens with one attached hydrogen (secondary N) is 1. The zero-order chi connectivity index (χ0) is 32.7.